The maximum atomic E-state index is 12.6. The quantitative estimate of drug-likeness (QED) is 0.716. The summed E-state index contributed by atoms with van der Waals surface area (Å²) in [5.74, 6) is -0.440. The van der Waals surface area contributed by atoms with E-state index in [2.05, 4.69) is 10.0 Å². The van der Waals surface area contributed by atoms with Gasteiger partial charge >= 0.3 is 5.97 Å². The van der Waals surface area contributed by atoms with Crippen LogP contribution in [0.1, 0.15) is 42.3 Å². The van der Waals surface area contributed by atoms with Gasteiger partial charge in [0.05, 0.1) is 11.5 Å². The Bertz CT molecular complexity index is 898. The molecular weight excluding hydrogens is 356 g/mol. The van der Waals surface area contributed by atoms with Gasteiger partial charge in [0.15, 0.2) is 0 Å². The minimum absolute atomic E-state index is 0.108. The van der Waals surface area contributed by atoms with Crippen LogP contribution in [0.15, 0.2) is 27.5 Å². The normalized spacial score (nSPS) is 17.7. The van der Waals surface area contributed by atoms with Crippen molar-refractivity contribution in [2.75, 3.05) is 19.7 Å². The third-order valence-corrected chi connectivity index (χ3v) is 6.08. The summed E-state index contributed by atoms with van der Waals surface area (Å²) in [6, 6.07) is 4.96. The van der Waals surface area contributed by atoms with Crippen LogP contribution in [0.5, 0.6) is 0 Å². The Morgan fingerprint density at radius 2 is 2.23 bits per heavy atom. The Kier molecular flexibility index (Phi) is 5.64. The molecular formula is C18H24N2O5S. The van der Waals surface area contributed by atoms with Crippen molar-refractivity contribution in [3.63, 3.8) is 0 Å². The first-order valence-corrected chi connectivity index (χ1v) is 10.3. The molecule has 26 heavy (non-hydrogen) atoms. The highest BCUT2D eigenvalue weighted by molar-refractivity contribution is 7.89. The molecule has 0 spiro atoms. The first kappa shape index (κ1) is 18.9. The van der Waals surface area contributed by atoms with Gasteiger partial charge in [-0.25, -0.2) is 17.9 Å². The van der Waals surface area contributed by atoms with Crippen LogP contribution in [0.2, 0.25) is 0 Å². The number of rotatable bonds is 7. The topological polar surface area (TPSA) is 97.6 Å². The summed E-state index contributed by atoms with van der Waals surface area (Å²) in [6.45, 7) is 5.06. The Balaban J connectivity index is 1.78. The van der Waals surface area contributed by atoms with Crippen LogP contribution in [-0.4, -0.2) is 40.1 Å². The molecule has 2 aromatic rings. The number of nitrogens with one attached hydrogen (secondary N) is 2. The lowest BCUT2D eigenvalue weighted by Gasteiger charge is -2.11. The van der Waals surface area contributed by atoms with Crippen molar-refractivity contribution >= 4 is 27.0 Å². The number of carbonyl (C=O) groups is 1. The number of benzene rings is 1. The van der Waals surface area contributed by atoms with Crippen molar-refractivity contribution < 1.29 is 22.4 Å². The highest BCUT2D eigenvalue weighted by Gasteiger charge is 2.22. The maximum Gasteiger partial charge on any atom is 0.374 e. The van der Waals surface area contributed by atoms with Crippen molar-refractivity contribution in [1.82, 2.24) is 10.0 Å². The van der Waals surface area contributed by atoms with Gasteiger partial charge in [-0.05, 0) is 57.9 Å². The predicted octanol–water partition coefficient (Wildman–Crippen LogP) is 2.34. The van der Waals surface area contributed by atoms with Crippen LogP contribution in [0.3, 0.4) is 0 Å². The molecule has 0 aliphatic carbocycles. The van der Waals surface area contributed by atoms with Crippen molar-refractivity contribution in [1.29, 1.82) is 0 Å². The minimum atomic E-state index is -3.62. The van der Waals surface area contributed by atoms with Crippen molar-refractivity contribution in [2.24, 2.45) is 0 Å². The Labute approximate surface area is 153 Å². The molecule has 0 bridgehead atoms. The lowest BCUT2D eigenvalue weighted by atomic mass is 10.1. The highest BCUT2D eigenvalue weighted by Crippen LogP contribution is 2.28. The first-order chi connectivity index (χ1) is 12.4. The van der Waals surface area contributed by atoms with E-state index in [1.165, 1.54) is 12.1 Å². The second-order valence-electron chi connectivity index (χ2n) is 6.41. The van der Waals surface area contributed by atoms with Gasteiger partial charge in [-0.15, -0.1) is 0 Å². The van der Waals surface area contributed by atoms with Crippen molar-refractivity contribution in [3.8, 4) is 0 Å². The van der Waals surface area contributed by atoms with E-state index in [9.17, 15) is 13.2 Å². The molecule has 0 radical (unpaired) electrons. The summed E-state index contributed by atoms with van der Waals surface area (Å²) < 4.78 is 38.2. The number of carbonyl (C=O) groups excluding carboxylic acids is 1. The molecule has 3 rings (SSSR count). The molecule has 1 aliphatic heterocycles. The molecule has 0 saturated carbocycles. The van der Waals surface area contributed by atoms with Crippen LogP contribution >= 0.6 is 0 Å². The lowest BCUT2D eigenvalue weighted by molar-refractivity contribution is 0.0491. The number of aryl methyl sites for hydroxylation is 1. The SMILES string of the molecule is CCOC(=O)c1oc2ccc(S(=O)(=O)NCC[C@H]3CCCN3)cc2c1C. The van der Waals surface area contributed by atoms with E-state index in [1.54, 1.807) is 19.9 Å². The van der Waals surface area contributed by atoms with E-state index in [1.807, 2.05) is 0 Å². The van der Waals surface area contributed by atoms with Crippen molar-refractivity contribution in [2.45, 2.75) is 44.0 Å². The van der Waals surface area contributed by atoms with Crippen LogP contribution in [-0.2, 0) is 14.8 Å². The van der Waals surface area contributed by atoms with Gasteiger partial charge < -0.3 is 14.5 Å². The minimum Gasteiger partial charge on any atom is -0.460 e. The second-order valence-corrected chi connectivity index (χ2v) is 8.18. The summed E-state index contributed by atoms with van der Waals surface area (Å²) in [4.78, 5) is 12.1. The fraction of sp³-hybridized carbons (Fsp3) is 0.500. The zero-order chi connectivity index (χ0) is 18.7. The van der Waals surface area contributed by atoms with Crippen molar-refractivity contribution in [3.05, 3.63) is 29.5 Å². The van der Waals surface area contributed by atoms with Crippen LogP contribution in [0.25, 0.3) is 11.0 Å². The Morgan fingerprint density at radius 3 is 2.92 bits per heavy atom. The molecule has 1 atom stereocenters. The number of esters is 1. The van der Waals surface area contributed by atoms with Crippen LogP contribution < -0.4 is 10.0 Å². The standard InChI is InChI=1S/C18H24N2O5S/c1-3-24-18(21)17-12(2)15-11-14(6-7-16(15)25-17)26(22,23)20-10-8-13-5-4-9-19-13/h6-7,11,13,19-20H,3-5,8-10H2,1-2H3/t13-/m1/s1. The second kappa shape index (κ2) is 7.77. The monoisotopic (exact) mass is 380 g/mol. The number of furan rings is 1. The molecule has 1 aromatic heterocycles. The summed E-state index contributed by atoms with van der Waals surface area (Å²) in [5, 5.41) is 3.94. The Hall–Kier alpha value is -1.90. The largest absolute Gasteiger partial charge is 0.460 e. The summed E-state index contributed by atoms with van der Waals surface area (Å²) in [5.41, 5.74) is 1.03. The van der Waals surface area contributed by atoms with E-state index in [4.69, 9.17) is 9.15 Å². The van der Waals surface area contributed by atoms with Crippen LogP contribution in [0, 0.1) is 6.92 Å². The van der Waals surface area contributed by atoms with Gasteiger partial charge in [-0.3, -0.25) is 0 Å². The fourth-order valence-electron chi connectivity index (χ4n) is 3.21. The molecule has 142 valence electrons. The van der Waals surface area contributed by atoms with E-state index < -0.39 is 16.0 Å². The number of sulfonamides is 1. The molecule has 1 aliphatic rings. The molecule has 8 heteroatoms. The molecule has 1 saturated heterocycles. The lowest BCUT2D eigenvalue weighted by Crippen LogP contribution is -2.30. The average Bonchev–Trinajstić information content (AvgIpc) is 3.23. The smallest absolute Gasteiger partial charge is 0.374 e. The molecule has 7 nitrogen and oxygen atoms in total. The third-order valence-electron chi connectivity index (χ3n) is 4.63. The number of hydrogen-bond donors (Lipinski definition) is 2. The highest BCUT2D eigenvalue weighted by atomic mass is 32.2. The fourth-order valence-corrected chi connectivity index (χ4v) is 4.29. The zero-order valence-corrected chi connectivity index (χ0v) is 15.8. The predicted molar refractivity (Wildman–Crippen MR) is 97.7 cm³/mol. The first-order valence-electron chi connectivity index (χ1n) is 8.85. The molecule has 1 aromatic carbocycles. The molecule has 0 unspecified atom stereocenters. The van der Waals surface area contributed by atoms with Gasteiger partial charge in [-0.1, -0.05) is 0 Å². The molecule has 0 amide bonds. The van der Waals surface area contributed by atoms with Gasteiger partial charge in [0.25, 0.3) is 0 Å². The van der Waals surface area contributed by atoms with E-state index in [0.717, 1.165) is 25.8 Å². The third kappa shape index (κ3) is 3.92. The van der Waals surface area contributed by atoms with E-state index >= 15 is 0 Å². The maximum absolute atomic E-state index is 12.6. The Morgan fingerprint density at radius 1 is 1.42 bits per heavy atom. The average molecular weight is 380 g/mol. The summed E-state index contributed by atoms with van der Waals surface area (Å²) in [7, 11) is -3.62. The molecule has 2 N–H and O–H groups in total. The summed E-state index contributed by atoms with van der Waals surface area (Å²) >= 11 is 0. The van der Waals surface area contributed by atoms with E-state index in [-0.39, 0.29) is 17.3 Å². The number of fused-ring (bicyclic) bond motifs is 1. The molecule has 2 heterocycles. The van der Waals surface area contributed by atoms with Gasteiger partial charge in [0.2, 0.25) is 15.8 Å². The molecule has 1 fully saturated rings. The van der Waals surface area contributed by atoms with E-state index in [0.29, 0.717) is 29.1 Å². The van der Waals surface area contributed by atoms with Gasteiger partial charge in [0.1, 0.15) is 5.58 Å². The summed E-state index contributed by atoms with van der Waals surface area (Å²) in [6.07, 6.45) is 2.98. The zero-order valence-electron chi connectivity index (χ0n) is 15.0. The number of hydrogen-bond acceptors (Lipinski definition) is 6. The number of ether oxygens (including phenoxy) is 1. The van der Waals surface area contributed by atoms with Gasteiger partial charge in [-0.2, -0.15) is 0 Å². The van der Waals surface area contributed by atoms with Crippen LogP contribution in [0.4, 0.5) is 0 Å². The van der Waals surface area contributed by atoms with Gasteiger partial charge in [0, 0.05) is 23.5 Å².